The summed E-state index contributed by atoms with van der Waals surface area (Å²) in [6, 6.07) is -0.0799. The van der Waals surface area contributed by atoms with Gasteiger partial charge in [-0.25, -0.2) is 0 Å². The van der Waals surface area contributed by atoms with E-state index in [1.165, 1.54) is 0 Å². The maximum absolute atomic E-state index is 11.4. The fourth-order valence-corrected chi connectivity index (χ4v) is 1.94. The van der Waals surface area contributed by atoms with E-state index in [0.29, 0.717) is 5.92 Å². The molecular formula is C10H20N2O2. The third-order valence-corrected chi connectivity index (χ3v) is 3.11. The second-order valence-electron chi connectivity index (χ2n) is 4.07. The molecule has 4 nitrogen and oxygen atoms in total. The second kappa shape index (κ2) is 4.75. The quantitative estimate of drug-likeness (QED) is 0.664. The van der Waals surface area contributed by atoms with Gasteiger partial charge in [-0.15, -0.1) is 0 Å². The number of aliphatic hydroxyl groups is 1. The largest absolute Gasteiger partial charge is 0.393 e. The van der Waals surface area contributed by atoms with Crippen molar-refractivity contribution >= 4 is 5.91 Å². The Morgan fingerprint density at radius 3 is 2.64 bits per heavy atom. The molecule has 4 heteroatoms. The molecule has 1 fully saturated rings. The minimum absolute atomic E-state index is 0.0521. The highest BCUT2D eigenvalue weighted by Gasteiger charge is 2.31. The number of carbonyl (C=O) groups excluding carboxylic acids is 1. The Bertz CT molecular complexity index is 206. The summed E-state index contributed by atoms with van der Waals surface area (Å²) in [5, 5.41) is 12.1. The Kier molecular flexibility index (Phi) is 3.89. The van der Waals surface area contributed by atoms with Crippen molar-refractivity contribution in [1.82, 2.24) is 10.2 Å². The van der Waals surface area contributed by atoms with Gasteiger partial charge in [0.05, 0.1) is 12.1 Å². The predicted molar refractivity (Wildman–Crippen MR) is 54.9 cm³/mol. The summed E-state index contributed by atoms with van der Waals surface area (Å²) < 4.78 is 0. The molecule has 0 bridgehead atoms. The minimum Gasteiger partial charge on any atom is -0.393 e. The van der Waals surface area contributed by atoms with Crippen molar-refractivity contribution in [3.8, 4) is 0 Å². The summed E-state index contributed by atoms with van der Waals surface area (Å²) in [7, 11) is 1.65. The van der Waals surface area contributed by atoms with Crippen molar-refractivity contribution in [2.75, 3.05) is 20.1 Å². The predicted octanol–water partition coefficient (Wildman–Crippen LogP) is -0.176. The van der Waals surface area contributed by atoms with Crippen molar-refractivity contribution in [3.63, 3.8) is 0 Å². The molecule has 1 heterocycles. The Morgan fingerprint density at radius 1 is 1.57 bits per heavy atom. The van der Waals surface area contributed by atoms with Crippen molar-refractivity contribution in [3.05, 3.63) is 0 Å². The minimum atomic E-state index is -0.267. The van der Waals surface area contributed by atoms with Crippen LogP contribution in [0.3, 0.4) is 0 Å². The Morgan fingerprint density at radius 2 is 2.21 bits per heavy atom. The average molecular weight is 200 g/mol. The van der Waals surface area contributed by atoms with Crippen LogP contribution in [0.4, 0.5) is 0 Å². The summed E-state index contributed by atoms with van der Waals surface area (Å²) in [6.07, 6.45) is 0.718. The number of amides is 1. The van der Waals surface area contributed by atoms with Crippen LogP contribution in [0.15, 0.2) is 0 Å². The van der Waals surface area contributed by atoms with E-state index in [1.807, 2.05) is 13.8 Å². The molecule has 3 unspecified atom stereocenters. The first-order chi connectivity index (χ1) is 6.56. The van der Waals surface area contributed by atoms with Gasteiger partial charge >= 0.3 is 0 Å². The number of carbonyl (C=O) groups is 1. The molecule has 0 aliphatic carbocycles. The SMILES string of the molecule is CNC(=O)C(C)N1CCC(C(C)O)C1. The van der Waals surface area contributed by atoms with Crippen LogP contribution in [0.1, 0.15) is 20.3 Å². The van der Waals surface area contributed by atoms with E-state index in [9.17, 15) is 9.90 Å². The lowest BCUT2D eigenvalue weighted by Crippen LogP contribution is -2.43. The van der Waals surface area contributed by atoms with Gasteiger partial charge in [-0.2, -0.15) is 0 Å². The summed E-state index contributed by atoms with van der Waals surface area (Å²) in [5.41, 5.74) is 0. The molecule has 1 aliphatic rings. The average Bonchev–Trinajstić information content (AvgIpc) is 2.64. The van der Waals surface area contributed by atoms with Gasteiger partial charge in [0, 0.05) is 13.6 Å². The zero-order chi connectivity index (χ0) is 10.7. The molecule has 0 aromatic rings. The topological polar surface area (TPSA) is 52.6 Å². The van der Waals surface area contributed by atoms with Gasteiger partial charge in [0.25, 0.3) is 0 Å². The van der Waals surface area contributed by atoms with Crippen LogP contribution in [-0.2, 0) is 4.79 Å². The Balaban J connectivity index is 2.45. The molecule has 0 aromatic carbocycles. The van der Waals surface area contributed by atoms with Gasteiger partial charge in [-0.3, -0.25) is 9.69 Å². The number of likely N-dealkylation sites (N-methyl/N-ethyl adjacent to an activating group) is 1. The van der Waals surface area contributed by atoms with Crippen LogP contribution in [-0.4, -0.2) is 48.2 Å². The molecule has 3 atom stereocenters. The molecule has 1 amide bonds. The van der Waals surface area contributed by atoms with E-state index >= 15 is 0 Å². The second-order valence-corrected chi connectivity index (χ2v) is 4.07. The monoisotopic (exact) mass is 200 g/mol. The van der Waals surface area contributed by atoms with Gasteiger partial charge in [0.2, 0.25) is 5.91 Å². The number of nitrogens with one attached hydrogen (secondary N) is 1. The van der Waals surface area contributed by atoms with Crippen molar-refractivity contribution in [2.45, 2.75) is 32.4 Å². The molecule has 1 saturated heterocycles. The molecule has 0 spiro atoms. The number of likely N-dealkylation sites (tertiary alicyclic amines) is 1. The molecule has 2 N–H and O–H groups in total. The molecule has 0 radical (unpaired) electrons. The van der Waals surface area contributed by atoms with Crippen molar-refractivity contribution in [1.29, 1.82) is 0 Å². The zero-order valence-electron chi connectivity index (χ0n) is 9.16. The maximum Gasteiger partial charge on any atom is 0.236 e. The van der Waals surface area contributed by atoms with Gasteiger partial charge in [0.15, 0.2) is 0 Å². The standard InChI is InChI=1S/C10H20N2O2/c1-7(10(14)11-3)12-5-4-9(6-12)8(2)13/h7-9,13H,4-6H2,1-3H3,(H,11,14). The summed E-state index contributed by atoms with van der Waals surface area (Å²) in [4.78, 5) is 13.5. The fourth-order valence-electron chi connectivity index (χ4n) is 1.94. The lowest BCUT2D eigenvalue weighted by atomic mass is 10.0. The Hall–Kier alpha value is -0.610. The van der Waals surface area contributed by atoms with E-state index in [1.54, 1.807) is 7.05 Å². The van der Waals surface area contributed by atoms with Crippen LogP contribution >= 0.6 is 0 Å². The van der Waals surface area contributed by atoms with Gasteiger partial charge in [-0.1, -0.05) is 0 Å². The number of hydrogen-bond acceptors (Lipinski definition) is 3. The fraction of sp³-hybridized carbons (Fsp3) is 0.900. The molecule has 82 valence electrons. The van der Waals surface area contributed by atoms with E-state index < -0.39 is 0 Å². The third kappa shape index (κ3) is 2.45. The summed E-state index contributed by atoms with van der Waals surface area (Å²) in [5.74, 6) is 0.373. The highest BCUT2D eigenvalue weighted by Crippen LogP contribution is 2.21. The third-order valence-electron chi connectivity index (χ3n) is 3.11. The van der Waals surface area contributed by atoms with Crippen LogP contribution in [0.5, 0.6) is 0 Å². The van der Waals surface area contributed by atoms with Gasteiger partial charge < -0.3 is 10.4 Å². The number of nitrogens with zero attached hydrogens (tertiary/aromatic N) is 1. The van der Waals surface area contributed by atoms with E-state index in [-0.39, 0.29) is 18.1 Å². The number of aliphatic hydroxyl groups excluding tert-OH is 1. The highest BCUT2D eigenvalue weighted by molar-refractivity contribution is 5.80. The van der Waals surface area contributed by atoms with E-state index in [4.69, 9.17) is 0 Å². The van der Waals surface area contributed by atoms with Crippen molar-refractivity contribution < 1.29 is 9.90 Å². The van der Waals surface area contributed by atoms with Gasteiger partial charge in [-0.05, 0) is 32.7 Å². The summed E-state index contributed by atoms with van der Waals surface area (Å²) in [6.45, 7) is 5.46. The first-order valence-corrected chi connectivity index (χ1v) is 5.20. The van der Waals surface area contributed by atoms with Gasteiger partial charge in [0.1, 0.15) is 0 Å². The first-order valence-electron chi connectivity index (χ1n) is 5.20. The lowest BCUT2D eigenvalue weighted by Gasteiger charge is -2.23. The number of rotatable bonds is 3. The van der Waals surface area contributed by atoms with Crippen molar-refractivity contribution in [2.24, 2.45) is 5.92 Å². The number of hydrogen-bond donors (Lipinski definition) is 2. The molecule has 0 saturated carbocycles. The molecule has 1 rings (SSSR count). The Labute approximate surface area is 85.3 Å². The molecule has 0 aromatic heterocycles. The molecular weight excluding hydrogens is 180 g/mol. The van der Waals surface area contributed by atoms with Crippen LogP contribution in [0, 0.1) is 5.92 Å². The van der Waals surface area contributed by atoms with E-state index in [0.717, 1.165) is 19.5 Å². The first kappa shape index (κ1) is 11.5. The lowest BCUT2D eigenvalue weighted by molar-refractivity contribution is -0.125. The molecule has 1 aliphatic heterocycles. The van der Waals surface area contributed by atoms with Crippen LogP contribution < -0.4 is 5.32 Å². The molecule has 14 heavy (non-hydrogen) atoms. The van der Waals surface area contributed by atoms with Crippen LogP contribution in [0.25, 0.3) is 0 Å². The van der Waals surface area contributed by atoms with Crippen LogP contribution in [0.2, 0.25) is 0 Å². The normalized spacial score (nSPS) is 27.3. The summed E-state index contributed by atoms with van der Waals surface area (Å²) >= 11 is 0. The smallest absolute Gasteiger partial charge is 0.236 e. The highest BCUT2D eigenvalue weighted by atomic mass is 16.3. The van der Waals surface area contributed by atoms with E-state index in [2.05, 4.69) is 10.2 Å². The maximum atomic E-state index is 11.4. The zero-order valence-corrected chi connectivity index (χ0v) is 9.16.